The van der Waals surface area contributed by atoms with Crippen LogP contribution in [-0.4, -0.2) is 20.0 Å². The summed E-state index contributed by atoms with van der Waals surface area (Å²) in [5.74, 6) is 1.33. The molecular weight excluding hydrogens is 240 g/mol. The summed E-state index contributed by atoms with van der Waals surface area (Å²) in [4.78, 5) is 11.9. The molecule has 19 heavy (non-hydrogen) atoms. The third kappa shape index (κ3) is 2.60. The molecule has 3 heteroatoms. The second-order valence-corrected chi connectivity index (χ2v) is 4.17. The highest BCUT2D eigenvalue weighted by Crippen LogP contribution is 2.32. The zero-order valence-electron chi connectivity index (χ0n) is 11.3. The Hall–Kier alpha value is -2.29. The van der Waals surface area contributed by atoms with Crippen molar-refractivity contribution in [1.29, 1.82) is 0 Å². The molecule has 0 atom stereocenters. The molecule has 2 rings (SSSR count). The zero-order chi connectivity index (χ0) is 13.8. The highest BCUT2D eigenvalue weighted by Gasteiger charge is 2.15. The van der Waals surface area contributed by atoms with Crippen molar-refractivity contribution in [3.05, 3.63) is 48.0 Å². The Kier molecular flexibility index (Phi) is 3.85. The first-order chi connectivity index (χ1) is 9.17. The van der Waals surface area contributed by atoms with Crippen LogP contribution in [0.3, 0.4) is 0 Å². The summed E-state index contributed by atoms with van der Waals surface area (Å²) in [5.41, 5.74) is 2.38. The van der Waals surface area contributed by atoms with E-state index in [9.17, 15) is 4.79 Å². The van der Waals surface area contributed by atoms with Crippen LogP contribution in [0.15, 0.2) is 42.5 Å². The molecule has 0 heterocycles. The van der Waals surface area contributed by atoms with E-state index < -0.39 is 0 Å². The van der Waals surface area contributed by atoms with Crippen LogP contribution >= 0.6 is 0 Å². The van der Waals surface area contributed by atoms with E-state index in [4.69, 9.17) is 9.47 Å². The molecule has 0 bridgehead atoms. The highest BCUT2D eigenvalue weighted by atomic mass is 16.5. The minimum Gasteiger partial charge on any atom is -0.497 e. The van der Waals surface area contributed by atoms with Crippen LogP contribution in [0.5, 0.6) is 11.5 Å². The molecule has 2 aromatic carbocycles. The zero-order valence-corrected chi connectivity index (χ0v) is 11.3. The maximum absolute atomic E-state index is 11.9. The lowest BCUT2D eigenvalue weighted by molar-refractivity contribution is 0.101. The molecule has 0 saturated heterocycles. The fourth-order valence-corrected chi connectivity index (χ4v) is 2.10. The number of rotatable bonds is 4. The average Bonchev–Trinajstić information content (AvgIpc) is 2.46. The van der Waals surface area contributed by atoms with Gasteiger partial charge in [0.25, 0.3) is 0 Å². The molecule has 0 unspecified atom stereocenters. The molecule has 0 spiro atoms. The van der Waals surface area contributed by atoms with Crippen LogP contribution in [0.25, 0.3) is 11.1 Å². The molecule has 0 aliphatic rings. The Bertz CT molecular complexity index is 603. The van der Waals surface area contributed by atoms with Crippen molar-refractivity contribution in [3.63, 3.8) is 0 Å². The van der Waals surface area contributed by atoms with Gasteiger partial charge in [-0.25, -0.2) is 0 Å². The number of benzene rings is 2. The summed E-state index contributed by atoms with van der Waals surface area (Å²) in [7, 11) is 3.19. The number of ketones is 1. The SMILES string of the molecule is COc1cccc(-c2cccc(OC)c2C(C)=O)c1. The third-order valence-electron chi connectivity index (χ3n) is 2.98. The molecule has 0 aromatic heterocycles. The summed E-state index contributed by atoms with van der Waals surface area (Å²) in [6.07, 6.45) is 0. The van der Waals surface area contributed by atoms with E-state index in [1.54, 1.807) is 27.2 Å². The van der Waals surface area contributed by atoms with Crippen molar-refractivity contribution >= 4 is 5.78 Å². The quantitative estimate of drug-likeness (QED) is 0.784. The first-order valence-corrected chi connectivity index (χ1v) is 5.99. The molecule has 0 radical (unpaired) electrons. The lowest BCUT2D eigenvalue weighted by atomic mass is 9.96. The number of methoxy groups -OCH3 is 2. The van der Waals surface area contributed by atoms with Crippen molar-refractivity contribution in [3.8, 4) is 22.6 Å². The minimum atomic E-state index is -0.0183. The Morgan fingerprint density at radius 2 is 1.74 bits per heavy atom. The predicted molar refractivity (Wildman–Crippen MR) is 75.0 cm³/mol. The van der Waals surface area contributed by atoms with Gasteiger partial charge in [0.2, 0.25) is 0 Å². The molecule has 0 saturated carbocycles. The first-order valence-electron chi connectivity index (χ1n) is 5.99. The second kappa shape index (κ2) is 5.57. The number of carbonyl (C=O) groups is 1. The molecule has 2 aromatic rings. The number of hydrogen-bond donors (Lipinski definition) is 0. The van der Waals surface area contributed by atoms with Crippen LogP contribution in [0.1, 0.15) is 17.3 Å². The number of hydrogen-bond acceptors (Lipinski definition) is 3. The van der Waals surface area contributed by atoms with E-state index in [1.165, 1.54) is 0 Å². The molecule has 0 aliphatic carbocycles. The molecule has 0 fully saturated rings. The Morgan fingerprint density at radius 3 is 2.37 bits per heavy atom. The molecular formula is C16H16O3. The number of ether oxygens (including phenoxy) is 2. The monoisotopic (exact) mass is 256 g/mol. The van der Waals surface area contributed by atoms with Crippen molar-refractivity contribution in [2.45, 2.75) is 6.92 Å². The Labute approximate surface area is 112 Å². The van der Waals surface area contributed by atoms with Gasteiger partial charge >= 0.3 is 0 Å². The molecule has 0 aliphatic heterocycles. The van der Waals surface area contributed by atoms with E-state index in [0.717, 1.165) is 16.9 Å². The van der Waals surface area contributed by atoms with Gasteiger partial charge in [0.05, 0.1) is 19.8 Å². The van der Waals surface area contributed by atoms with Crippen LogP contribution in [-0.2, 0) is 0 Å². The van der Waals surface area contributed by atoms with Gasteiger partial charge in [-0.1, -0.05) is 24.3 Å². The fourth-order valence-electron chi connectivity index (χ4n) is 2.10. The van der Waals surface area contributed by atoms with Gasteiger partial charge in [0.15, 0.2) is 5.78 Å². The summed E-state index contributed by atoms with van der Waals surface area (Å²) in [6.45, 7) is 1.54. The summed E-state index contributed by atoms with van der Waals surface area (Å²) < 4.78 is 10.5. The van der Waals surface area contributed by atoms with Gasteiger partial charge in [-0.3, -0.25) is 4.79 Å². The summed E-state index contributed by atoms with van der Waals surface area (Å²) in [5, 5.41) is 0. The standard InChI is InChI=1S/C16H16O3/c1-11(17)16-14(8-5-9-15(16)19-3)12-6-4-7-13(10-12)18-2/h4-10H,1-3H3. The van der Waals surface area contributed by atoms with E-state index in [-0.39, 0.29) is 5.78 Å². The number of Topliss-reactive ketones (excluding diaryl/α,β-unsaturated/α-hetero) is 1. The highest BCUT2D eigenvalue weighted by molar-refractivity contribution is 6.03. The smallest absolute Gasteiger partial charge is 0.164 e. The molecule has 98 valence electrons. The normalized spacial score (nSPS) is 10.1. The van der Waals surface area contributed by atoms with E-state index in [1.807, 2.05) is 36.4 Å². The van der Waals surface area contributed by atoms with Crippen molar-refractivity contribution in [2.24, 2.45) is 0 Å². The van der Waals surface area contributed by atoms with E-state index in [2.05, 4.69) is 0 Å². The van der Waals surface area contributed by atoms with Gasteiger partial charge in [-0.05, 0) is 36.2 Å². The van der Waals surface area contributed by atoms with E-state index >= 15 is 0 Å². The van der Waals surface area contributed by atoms with Crippen LogP contribution < -0.4 is 9.47 Å². The van der Waals surface area contributed by atoms with Crippen molar-refractivity contribution in [2.75, 3.05) is 14.2 Å². The maximum Gasteiger partial charge on any atom is 0.164 e. The van der Waals surface area contributed by atoms with Crippen molar-refractivity contribution in [1.82, 2.24) is 0 Å². The Balaban J connectivity index is 2.64. The third-order valence-corrected chi connectivity index (χ3v) is 2.98. The lowest BCUT2D eigenvalue weighted by Crippen LogP contribution is -2.00. The van der Waals surface area contributed by atoms with Gasteiger partial charge in [-0.2, -0.15) is 0 Å². The van der Waals surface area contributed by atoms with Crippen LogP contribution in [0.2, 0.25) is 0 Å². The predicted octanol–water partition coefficient (Wildman–Crippen LogP) is 3.57. The van der Waals surface area contributed by atoms with Gasteiger partial charge < -0.3 is 9.47 Å². The minimum absolute atomic E-state index is 0.0183. The lowest BCUT2D eigenvalue weighted by Gasteiger charge is -2.12. The van der Waals surface area contributed by atoms with Crippen LogP contribution in [0.4, 0.5) is 0 Å². The molecule has 3 nitrogen and oxygen atoms in total. The van der Waals surface area contributed by atoms with E-state index in [0.29, 0.717) is 11.3 Å². The first kappa shape index (κ1) is 13.1. The molecule has 0 amide bonds. The largest absolute Gasteiger partial charge is 0.497 e. The summed E-state index contributed by atoms with van der Waals surface area (Å²) in [6, 6.07) is 13.2. The van der Waals surface area contributed by atoms with Gasteiger partial charge in [-0.15, -0.1) is 0 Å². The molecule has 0 N–H and O–H groups in total. The van der Waals surface area contributed by atoms with Crippen LogP contribution in [0, 0.1) is 0 Å². The van der Waals surface area contributed by atoms with Crippen molar-refractivity contribution < 1.29 is 14.3 Å². The van der Waals surface area contributed by atoms with Gasteiger partial charge in [0.1, 0.15) is 11.5 Å². The topological polar surface area (TPSA) is 35.5 Å². The van der Waals surface area contributed by atoms with Gasteiger partial charge in [0, 0.05) is 0 Å². The summed E-state index contributed by atoms with van der Waals surface area (Å²) >= 11 is 0. The fraction of sp³-hybridized carbons (Fsp3) is 0.188. The Morgan fingerprint density at radius 1 is 1.00 bits per heavy atom. The second-order valence-electron chi connectivity index (χ2n) is 4.17. The number of carbonyl (C=O) groups excluding carboxylic acids is 1. The maximum atomic E-state index is 11.9. The average molecular weight is 256 g/mol.